The van der Waals surface area contributed by atoms with E-state index in [9.17, 15) is 14.7 Å². The lowest BCUT2D eigenvalue weighted by Crippen LogP contribution is -2.48. The fourth-order valence-electron chi connectivity index (χ4n) is 3.80. The Morgan fingerprint density at radius 3 is 2.53 bits per heavy atom. The van der Waals surface area contributed by atoms with Gasteiger partial charge in [0, 0.05) is 18.5 Å². The van der Waals surface area contributed by atoms with E-state index in [4.69, 9.17) is 11.6 Å². The van der Waals surface area contributed by atoms with E-state index >= 15 is 0 Å². The number of unbranched alkanes of at least 4 members (excludes halogenated alkanes) is 1. The van der Waals surface area contributed by atoms with Crippen LogP contribution in [0.2, 0.25) is 0 Å². The fraction of sp³-hybridized carbons (Fsp3) is 0.400. The zero-order valence-electron chi connectivity index (χ0n) is 19.1. The van der Waals surface area contributed by atoms with E-state index in [-0.39, 0.29) is 24.2 Å². The van der Waals surface area contributed by atoms with Gasteiger partial charge in [-0.1, -0.05) is 75.8 Å². The average molecular weight is 439 g/mol. The van der Waals surface area contributed by atoms with Gasteiger partial charge >= 0.3 is 5.97 Å². The Bertz CT molecular complexity index is 944. The number of amidine groups is 1. The van der Waals surface area contributed by atoms with Gasteiger partial charge in [0.1, 0.15) is 6.04 Å². The summed E-state index contributed by atoms with van der Waals surface area (Å²) >= 11 is 0. The summed E-state index contributed by atoms with van der Waals surface area (Å²) in [5.41, 5.74) is 9.47. The molecule has 2 rings (SSSR count). The Morgan fingerprint density at radius 2 is 1.91 bits per heavy atom. The van der Waals surface area contributed by atoms with Crippen LogP contribution in [0, 0.1) is 5.92 Å². The number of hydrazone groups is 1. The number of carboxylic acids is 1. The van der Waals surface area contributed by atoms with Gasteiger partial charge in [-0.15, -0.1) is 0 Å². The first-order valence-electron chi connectivity index (χ1n) is 11.0. The average Bonchev–Trinajstić information content (AvgIpc) is 3.01. The molecule has 1 aromatic rings. The molecular formula is C25H34N4O3. The molecule has 5 N–H and O–H groups in total. The van der Waals surface area contributed by atoms with Gasteiger partial charge in [-0.25, -0.2) is 4.79 Å². The summed E-state index contributed by atoms with van der Waals surface area (Å²) in [6, 6.07) is 6.74. The zero-order valence-corrected chi connectivity index (χ0v) is 19.1. The van der Waals surface area contributed by atoms with Crippen LogP contribution in [0.15, 0.2) is 59.2 Å². The van der Waals surface area contributed by atoms with E-state index in [1.165, 1.54) is 4.90 Å². The summed E-state index contributed by atoms with van der Waals surface area (Å²) in [5.74, 6) is 4.32. The van der Waals surface area contributed by atoms with Crippen molar-refractivity contribution in [3.8, 4) is 0 Å². The number of nitrogens with two attached hydrogens (primary N) is 2. The molecule has 0 spiro atoms. The van der Waals surface area contributed by atoms with Crippen LogP contribution in [-0.2, 0) is 9.59 Å². The van der Waals surface area contributed by atoms with Crippen LogP contribution in [0.4, 0.5) is 0 Å². The summed E-state index contributed by atoms with van der Waals surface area (Å²) in [5, 5.41) is 13.4. The number of amides is 1. The highest BCUT2D eigenvalue weighted by molar-refractivity contribution is 6.02. The lowest BCUT2D eigenvalue weighted by atomic mass is 9.98. The maximum absolute atomic E-state index is 12.9. The topological polar surface area (TPSA) is 122 Å². The number of hydrogen-bond donors (Lipinski definition) is 3. The van der Waals surface area contributed by atoms with Gasteiger partial charge in [-0.2, -0.15) is 5.10 Å². The van der Waals surface area contributed by atoms with Crippen LogP contribution >= 0.6 is 0 Å². The second-order valence-corrected chi connectivity index (χ2v) is 8.22. The van der Waals surface area contributed by atoms with E-state index in [1.54, 1.807) is 0 Å². The number of rotatable bonds is 10. The van der Waals surface area contributed by atoms with Crippen molar-refractivity contribution in [3.63, 3.8) is 0 Å². The smallest absolute Gasteiger partial charge is 0.326 e. The molecule has 32 heavy (non-hydrogen) atoms. The van der Waals surface area contributed by atoms with E-state index in [0.29, 0.717) is 12.8 Å². The summed E-state index contributed by atoms with van der Waals surface area (Å²) in [7, 11) is 0. The normalized spacial score (nSPS) is 15.1. The van der Waals surface area contributed by atoms with Crippen molar-refractivity contribution in [1.82, 2.24) is 4.90 Å². The number of carbonyl (C=O) groups is 2. The maximum Gasteiger partial charge on any atom is 0.326 e. The Hall–Kier alpha value is -3.35. The van der Waals surface area contributed by atoms with Crippen molar-refractivity contribution in [3.05, 3.63) is 65.3 Å². The summed E-state index contributed by atoms with van der Waals surface area (Å²) in [4.78, 5) is 26.4. The molecule has 1 unspecified atom stereocenters. The maximum atomic E-state index is 12.9. The monoisotopic (exact) mass is 438 g/mol. The van der Waals surface area contributed by atoms with Crippen LogP contribution in [-0.4, -0.2) is 40.3 Å². The Morgan fingerprint density at radius 1 is 1.19 bits per heavy atom. The Kier molecular flexibility index (Phi) is 9.25. The predicted molar refractivity (Wildman–Crippen MR) is 129 cm³/mol. The summed E-state index contributed by atoms with van der Waals surface area (Å²) in [6.07, 6.45) is 10.6. The van der Waals surface area contributed by atoms with Crippen LogP contribution in [0.1, 0.15) is 57.6 Å². The third-order valence-corrected chi connectivity index (χ3v) is 5.49. The Labute approximate surface area is 190 Å². The lowest BCUT2D eigenvalue weighted by molar-refractivity contribution is -0.151. The predicted octanol–water partition coefficient (Wildman–Crippen LogP) is 3.66. The second-order valence-electron chi connectivity index (χ2n) is 8.22. The molecule has 0 saturated heterocycles. The molecule has 1 aliphatic rings. The molecule has 7 nitrogen and oxygen atoms in total. The minimum atomic E-state index is -0.979. The molecule has 1 atom stereocenters. The lowest BCUT2D eigenvalue weighted by Gasteiger charge is -2.32. The first kappa shape index (κ1) is 24.9. The second kappa shape index (κ2) is 11.9. The van der Waals surface area contributed by atoms with Crippen LogP contribution in [0.5, 0.6) is 0 Å². The van der Waals surface area contributed by atoms with E-state index in [2.05, 4.69) is 11.2 Å². The van der Waals surface area contributed by atoms with E-state index in [1.807, 2.05) is 63.3 Å². The molecule has 0 heterocycles. The van der Waals surface area contributed by atoms with Crippen molar-refractivity contribution >= 4 is 23.3 Å². The first-order valence-corrected chi connectivity index (χ1v) is 11.0. The standard InChI is InChI=1S/C25H34N4O3/c1-4-5-13-22(30)29(23(17(2)3)25(31)32)16-18-9-8-10-19(15-14-18)20-11-6-7-12-21(20)24(26)28-27/h6-7,9-12,14-15,17,23H,4-5,8,13,16,27H2,1-3H3,(H2,26,28)(H,31,32). The molecular weight excluding hydrogens is 404 g/mol. The molecule has 0 fully saturated rings. The molecule has 0 saturated carbocycles. The van der Waals surface area contributed by atoms with Gasteiger partial charge in [0.2, 0.25) is 5.91 Å². The van der Waals surface area contributed by atoms with E-state index in [0.717, 1.165) is 35.1 Å². The van der Waals surface area contributed by atoms with Gasteiger partial charge < -0.3 is 21.6 Å². The number of benzene rings is 1. The number of nitrogens with zero attached hydrogens (tertiary/aromatic N) is 2. The highest BCUT2D eigenvalue weighted by atomic mass is 16.4. The summed E-state index contributed by atoms with van der Waals surface area (Å²) in [6.45, 7) is 5.92. The van der Waals surface area contributed by atoms with Crippen LogP contribution in [0.3, 0.4) is 0 Å². The third kappa shape index (κ3) is 6.33. The highest BCUT2D eigenvalue weighted by Crippen LogP contribution is 2.25. The number of allylic oxidation sites excluding steroid dienone is 4. The van der Waals surface area contributed by atoms with Gasteiger partial charge in [0.15, 0.2) is 5.84 Å². The number of hydrogen-bond acceptors (Lipinski definition) is 4. The SMILES string of the molecule is CCCCC(=O)N(CC1=CCC=C(c2ccccc2/C(N)=N/N)C=C1)C(C(=O)O)C(C)C. The number of carboxylic acid groups (broad SMARTS) is 1. The first-order chi connectivity index (χ1) is 15.3. The molecule has 0 aliphatic heterocycles. The minimum Gasteiger partial charge on any atom is -0.480 e. The molecule has 1 aromatic carbocycles. The minimum absolute atomic E-state index is 0.128. The van der Waals surface area contributed by atoms with Crippen molar-refractivity contribution < 1.29 is 14.7 Å². The Balaban J connectivity index is 2.30. The molecule has 1 amide bonds. The zero-order chi connectivity index (χ0) is 23.7. The van der Waals surface area contributed by atoms with Crippen LogP contribution < -0.4 is 11.6 Å². The molecule has 172 valence electrons. The third-order valence-electron chi connectivity index (χ3n) is 5.49. The van der Waals surface area contributed by atoms with Gasteiger partial charge in [0.05, 0.1) is 0 Å². The van der Waals surface area contributed by atoms with Gasteiger partial charge in [-0.05, 0) is 35.5 Å². The largest absolute Gasteiger partial charge is 0.480 e. The summed E-state index contributed by atoms with van der Waals surface area (Å²) < 4.78 is 0. The van der Waals surface area contributed by atoms with Crippen LogP contribution in [0.25, 0.3) is 5.57 Å². The molecule has 0 radical (unpaired) electrons. The molecule has 1 aliphatic carbocycles. The van der Waals surface area contributed by atoms with Gasteiger partial charge in [-0.3, -0.25) is 4.79 Å². The highest BCUT2D eigenvalue weighted by Gasteiger charge is 2.32. The van der Waals surface area contributed by atoms with Crippen molar-refractivity contribution in [2.45, 2.75) is 52.5 Å². The van der Waals surface area contributed by atoms with Crippen molar-refractivity contribution in [1.29, 1.82) is 0 Å². The van der Waals surface area contributed by atoms with Crippen molar-refractivity contribution in [2.75, 3.05) is 6.54 Å². The molecule has 0 aromatic heterocycles. The molecule has 7 heteroatoms. The van der Waals surface area contributed by atoms with E-state index < -0.39 is 12.0 Å². The number of carbonyl (C=O) groups excluding carboxylic acids is 1. The molecule has 0 bridgehead atoms. The quantitative estimate of drug-likeness (QED) is 0.223. The van der Waals surface area contributed by atoms with Gasteiger partial charge in [0.25, 0.3) is 0 Å². The van der Waals surface area contributed by atoms with Crippen molar-refractivity contribution in [2.24, 2.45) is 22.6 Å². The fourth-order valence-corrected chi connectivity index (χ4v) is 3.80. The number of aliphatic carboxylic acids is 1.